The Morgan fingerprint density at radius 3 is 1.68 bits per heavy atom. The Kier molecular flexibility index (Phi) is 40.2. The zero-order chi connectivity index (χ0) is 55.9. The molecule has 10 unspecified atom stereocenters. The third-order valence-electron chi connectivity index (χ3n) is 14.8. The van der Waals surface area contributed by atoms with Crippen LogP contribution in [0.1, 0.15) is 221 Å². The molecule has 19 heteroatoms. The zero-order valence-corrected chi connectivity index (χ0v) is 47.6. The van der Waals surface area contributed by atoms with Crippen molar-refractivity contribution in [1.29, 1.82) is 0 Å². The van der Waals surface area contributed by atoms with Gasteiger partial charge in [0.25, 0.3) is 0 Å². The van der Waals surface area contributed by atoms with Gasteiger partial charge >= 0.3 is 0 Å². The summed E-state index contributed by atoms with van der Waals surface area (Å²) in [6, 6.07) is -2.12. The van der Waals surface area contributed by atoms with Gasteiger partial charge in [-0.05, 0) is 31.6 Å². The van der Waals surface area contributed by atoms with Crippen molar-refractivity contribution < 1.29 is 78.6 Å². The van der Waals surface area contributed by atoms with Crippen LogP contribution in [0, 0.1) is 5.92 Å². The molecule has 448 valence electrons. The van der Waals surface area contributed by atoms with Crippen LogP contribution < -0.4 is 16.0 Å². The van der Waals surface area contributed by atoms with Crippen molar-refractivity contribution in [2.24, 2.45) is 5.92 Å². The molecule has 2 fully saturated rings. The minimum Gasteiger partial charge on any atom is -0.394 e. The highest BCUT2D eigenvalue weighted by molar-refractivity contribution is 5.75. The highest BCUT2D eigenvalue weighted by Gasteiger charge is 2.49. The van der Waals surface area contributed by atoms with Crippen molar-refractivity contribution in [3.63, 3.8) is 0 Å². The predicted octanol–water partition coefficient (Wildman–Crippen LogP) is 6.10. The molecular formula is C57H109N3O16. The van der Waals surface area contributed by atoms with Gasteiger partial charge < -0.3 is 80.1 Å². The smallest absolute Gasteiger partial charge is 0.219 e. The molecule has 3 amide bonds. The van der Waals surface area contributed by atoms with E-state index in [2.05, 4.69) is 29.8 Å². The summed E-state index contributed by atoms with van der Waals surface area (Å²) in [7, 11) is 0. The van der Waals surface area contributed by atoms with E-state index < -0.39 is 118 Å². The summed E-state index contributed by atoms with van der Waals surface area (Å²) >= 11 is 0. The van der Waals surface area contributed by atoms with Gasteiger partial charge in [-0.3, -0.25) is 14.4 Å². The molecule has 0 saturated carbocycles. The van der Waals surface area contributed by atoms with Gasteiger partial charge in [0.15, 0.2) is 18.9 Å². The Bertz CT molecular complexity index is 1450. The third-order valence-corrected chi connectivity index (χ3v) is 14.8. The molecule has 19 nitrogen and oxygen atoms in total. The lowest BCUT2D eigenvalue weighted by molar-refractivity contribution is -0.326. The van der Waals surface area contributed by atoms with Crippen LogP contribution in [0.25, 0.3) is 0 Å². The first kappa shape index (κ1) is 70.0. The lowest BCUT2D eigenvalue weighted by Gasteiger charge is -2.45. The van der Waals surface area contributed by atoms with Gasteiger partial charge in [0, 0.05) is 39.7 Å². The molecule has 2 heterocycles. The predicted molar refractivity (Wildman–Crippen MR) is 291 cm³/mol. The second kappa shape index (κ2) is 43.7. The molecule has 14 atom stereocenters. The summed E-state index contributed by atoms with van der Waals surface area (Å²) < 4.78 is 36.7. The fourth-order valence-corrected chi connectivity index (χ4v) is 10.1. The van der Waals surface area contributed by atoms with Gasteiger partial charge in [-0.15, -0.1) is 0 Å². The van der Waals surface area contributed by atoms with Gasteiger partial charge in [0.1, 0.15) is 30.5 Å². The molecule has 76 heavy (non-hydrogen) atoms. The number of amides is 3. The lowest BCUT2D eigenvalue weighted by atomic mass is 9.94. The third kappa shape index (κ3) is 30.5. The largest absolute Gasteiger partial charge is 0.394 e. The van der Waals surface area contributed by atoms with Crippen LogP contribution in [0.3, 0.4) is 0 Å². The summed E-state index contributed by atoms with van der Waals surface area (Å²) in [6.45, 7) is 7.17. The summed E-state index contributed by atoms with van der Waals surface area (Å²) in [5.41, 5.74) is 0. The number of ether oxygens (including phenoxy) is 6. The van der Waals surface area contributed by atoms with Crippen molar-refractivity contribution in [3.8, 4) is 0 Å². The molecule has 10 N–H and O–H groups in total. The normalized spacial score (nSPS) is 24.9. The minimum absolute atomic E-state index is 0.00408. The zero-order valence-electron chi connectivity index (χ0n) is 47.6. The molecule has 2 rings (SSSR count). The van der Waals surface area contributed by atoms with Gasteiger partial charge in [-0.25, -0.2) is 0 Å². The molecule has 2 aliphatic heterocycles. The van der Waals surface area contributed by atoms with E-state index >= 15 is 0 Å². The Balaban J connectivity index is 2.06. The molecule has 0 aromatic heterocycles. The van der Waals surface area contributed by atoms with Crippen molar-refractivity contribution in [2.75, 3.05) is 39.6 Å². The topological polar surface area (TPSA) is 284 Å². The second-order valence-electron chi connectivity index (χ2n) is 21.7. The first-order valence-corrected chi connectivity index (χ1v) is 29.9. The van der Waals surface area contributed by atoms with E-state index in [0.29, 0.717) is 25.8 Å². The SMILES string of the molecule is CCCCCCCCCCCCCCCCCC(=O)NCCC(CCCCCCCCCC)COC1OC(CO)C(OC(OC(CC)CO)[C@@H](O)CO[C@@H]2C[C@@H](O)C(NC(C)=O)C(C[C@H](O)CO)O2)C(O)C1NC(C)=O. The van der Waals surface area contributed by atoms with Crippen molar-refractivity contribution >= 4 is 17.7 Å². The van der Waals surface area contributed by atoms with Crippen molar-refractivity contribution in [3.05, 3.63) is 0 Å². The molecule has 2 saturated heterocycles. The van der Waals surface area contributed by atoms with Gasteiger partial charge in [0.2, 0.25) is 17.7 Å². The molecule has 0 aromatic rings. The first-order valence-electron chi connectivity index (χ1n) is 29.9. The summed E-state index contributed by atoms with van der Waals surface area (Å²) in [5, 5.41) is 83.2. The maximum Gasteiger partial charge on any atom is 0.219 e. The summed E-state index contributed by atoms with van der Waals surface area (Å²) in [6.07, 6.45) is 16.1. The van der Waals surface area contributed by atoms with Crippen molar-refractivity contribution in [1.82, 2.24) is 16.0 Å². The Morgan fingerprint density at radius 1 is 0.632 bits per heavy atom. The number of unbranched alkanes of at least 4 members (excludes halogenated alkanes) is 21. The van der Waals surface area contributed by atoms with Crippen LogP contribution in [0.2, 0.25) is 0 Å². The van der Waals surface area contributed by atoms with Crippen LogP contribution in [0.5, 0.6) is 0 Å². The first-order chi connectivity index (χ1) is 36.7. The Morgan fingerprint density at radius 2 is 1.17 bits per heavy atom. The average Bonchev–Trinajstić information content (AvgIpc) is 3.40. The van der Waals surface area contributed by atoms with Crippen LogP contribution >= 0.6 is 0 Å². The number of carbonyl (C=O) groups is 3. The lowest BCUT2D eigenvalue weighted by Crippen LogP contribution is -2.66. The summed E-state index contributed by atoms with van der Waals surface area (Å²) in [4.78, 5) is 37.5. The monoisotopic (exact) mass is 1090 g/mol. The van der Waals surface area contributed by atoms with Gasteiger partial charge in [-0.1, -0.05) is 162 Å². The number of aliphatic hydroxyl groups is 7. The highest BCUT2D eigenvalue weighted by atomic mass is 16.7. The number of nitrogens with one attached hydrogen (secondary N) is 3. The van der Waals surface area contributed by atoms with E-state index in [-0.39, 0.29) is 31.3 Å². The number of hydrogen-bond donors (Lipinski definition) is 10. The van der Waals surface area contributed by atoms with E-state index in [1.54, 1.807) is 6.92 Å². The number of aliphatic hydroxyl groups excluding tert-OH is 7. The standard InChI is InChI=1S/C57H109N3O16/c1-6-9-11-13-15-17-18-19-20-21-22-23-25-27-29-31-50(69)58-33-32-43(30-28-26-24-16-14-12-10-7-2)39-72-57-53(60-42(5)65)54(70)55(49(38-63)75-57)76-56(73-45(8-3)37-62)47(68)40-71-51-35-46(67)52(59-41(4)64)48(74-51)34-44(66)36-61/h43-49,51-57,61-63,66-68,70H,6-40H2,1-5H3,(H,58,69)(H,59,64)(H,60,65)/t43?,44-,45?,46+,47-,48?,49?,51-,52?,53?,54?,55?,56?,57?/m0/s1. The second-order valence-corrected chi connectivity index (χ2v) is 21.7. The molecular weight excluding hydrogens is 983 g/mol. The van der Waals surface area contributed by atoms with Gasteiger partial charge in [0.05, 0.1) is 63.5 Å². The molecule has 2 aliphatic rings. The van der Waals surface area contributed by atoms with Crippen LogP contribution in [-0.4, -0.2) is 173 Å². The fourth-order valence-electron chi connectivity index (χ4n) is 10.1. The Hall–Kier alpha value is -2.11. The molecule has 0 aromatic carbocycles. The quantitative estimate of drug-likeness (QED) is 0.0243. The van der Waals surface area contributed by atoms with Crippen LogP contribution in [0.15, 0.2) is 0 Å². The molecule has 0 radical (unpaired) electrons. The van der Waals surface area contributed by atoms with E-state index in [9.17, 15) is 50.1 Å². The molecule has 0 bridgehead atoms. The van der Waals surface area contributed by atoms with E-state index in [1.165, 1.54) is 123 Å². The minimum atomic E-state index is -1.63. The van der Waals surface area contributed by atoms with Gasteiger partial charge in [-0.2, -0.15) is 0 Å². The van der Waals surface area contributed by atoms with E-state index in [0.717, 1.165) is 44.9 Å². The van der Waals surface area contributed by atoms with E-state index in [4.69, 9.17) is 28.4 Å². The van der Waals surface area contributed by atoms with Crippen molar-refractivity contribution in [2.45, 2.75) is 301 Å². The van der Waals surface area contributed by atoms with Crippen LogP contribution in [-0.2, 0) is 42.8 Å². The highest BCUT2D eigenvalue weighted by Crippen LogP contribution is 2.30. The van der Waals surface area contributed by atoms with E-state index in [1.807, 2.05) is 0 Å². The number of carbonyl (C=O) groups excluding carboxylic acids is 3. The maximum absolute atomic E-state index is 12.9. The number of hydrogen-bond acceptors (Lipinski definition) is 16. The molecule has 0 spiro atoms. The fraction of sp³-hybridized carbons (Fsp3) is 0.947. The van der Waals surface area contributed by atoms with Crippen LogP contribution in [0.4, 0.5) is 0 Å². The molecule has 0 aliphatic carbocycles. The number of rotatable bonds is 47. The maximum atomic E-state index is 12.9. The Labute approximate surface area is 457 Å². The summed E-state index contributed by atoms with van der Waals surface area (Å²) in [5.74, 6) is -0.902. The average molecular weight is 1090 g/mol.